The zero-order valence-corrected chi connectivity index (χ0v) is 10.7. The Morgan fingerprint density at radius 3 is 2.88 bits per heavy atom. The molecule has 0 amide bonds. The highest BCUT2D eigenvalue weighted by Gasteiger charge is 2.13. The van der Waals surface area contributed by atoms with Crippen LogP contribution in [0.25, 0.3) is 5.69 Å². The summed E-state index contributed by atoms with van der Waals surface area (Å²) in [5, 5.41) is 8.63. The summed E-state index contributed by atoms with van der Waals surface area (Å²) in [5.41, 5.74) is 8.69. The highest BCUT2D eigenvalue weighted by atomic mass is 35.5. The van der Waals surface area contributed by atoms with Gasteiger partial charge in [-0.25, -0.2) is 4.68 Å². The van der Waals surface area contributed by atoms with E-state index in [0.29, 0.717) is 10.8 Å². The van der Waals surface area contributed by atoms with Crippen LogP contribution in [0.4, 0.5) is 5.82 Å². The van der Waals surface area contributed by atoms with Crippen LogP contribution in [-0.4, -0.2) is 15.0 Å². The van der Waals surface area contributed by atoms with Crippen molar-refractivity contribution in [2.75, 3.05) is 5.73 Å². The molecule has 0 bridgehead atoms. The third kappa shape index (κ3) is 2.26. The van der Waals surface area contributed by atoms with Gasteiger partial charge in [0.2, 0.25) is 0 Å². The second kappa shape index (κ2) is 4.75. The van der Waals surface area contributed by atoms with E-state index in [-0.39, 0.29) is 0 Å². The van der Waals surface area contributed by atoms with Crippen molar-refractivity contribution in [3.8, 4) is 5.69 Å². The summed E-state index contributed by atoms with van der Waals surface area (Å²) in [6.07, 6.45) is 1.82. The van der Waals surface area contributed by atoms with Gasteiger partial charge in [0, 0.05) is 0 Å². The van der Waals surface area contributed by atoms with Gasteiger partial charge in [0.1, 0.15) is 0 Å². The molecule has 4 nitrogen and oxygen atoms in total. The first kappa shape index (κ1) is 11.9. The van der Waals surface area contributed by atoms with E-state index in [2.05, 4.69) is 17.2 Å². The second-order valence-corrected chi connectivity index (χ2v) is 4.45. The Morgan fingerprint density at radius 1 is 1.41 bits per heavy atom. The molecule has 0 saturated heterocycles. The Hall–Kier alpha value is -1.55. The molecule has 2 aromatic rings. The van der Waals surface area contributed by atoms with Gasteiger partial charge in [-0.2, -0.15) is 0 Å². The van der Waals surface area contributed by atoms with E-state index in [9.17, 15) is 0 Å². The van der Waals surface area contributed by atoms with Crippen LogP contribution in [-0.2, 0) is 6.42 Å². The van der Waals surface area contributed by atoms with Gasteiger partial charge in [-0.1, -0.05) is 36.2 Å². The fourth-order valence-corrected chi connectivity index (χ4v) is 1.96. The van der Waals surface area contributed by atoms with Crippen molar-refractivity contribution < 1.29 is 0 Å². The van der Waals surface area contributed by atoms with E-state index in [1.54, 1.807) is 4.68 Å². The Morgan fingerprint density at radius 2 is 2.18 bits per heavy atom. The average Bonchev–Trinajstić information content (AvgIpc) is 2.65. The highest BCUT2D eigenvalue weighted by molar-refractivity contribution is 6.32. The number of anilines is 1. The number of nitrogens with two attached hydrogens (primary N) is 1. The average molecular weight is 251 g/mol. The molecule has 1 heterocycles. The molecule has 0 radical (unpaired) electrons. The summed E-state index contributed by atoms with van der Waals surface area (Å²) >= 11 is 6.18. The lowest BCUT2D eigenvalue weighted by atomic mass is 10.2. The van der Waals surface area contributed by atoms with Crippen LogP contribution in [0.5, 0.6) is 0 Å². The predicted octanol–water partition coefficient (Wildman–Crippen LogP) is 2.76. The van der Waals surface area contributed by atoms with Crippen LogP contribution in [0.15, 0.2) is 18.2 Å². The Labute approximate surface area is 105 Å². The molecular formula is C12H15ClN4. The zero-order valence-electron chi connectivity index (χ0n) is 9.94. The van der Waals surface area contributed by atoms with Crippen molar-refractivity contribution in [2.45, 2.75) is 26.7 Å². The van der Waals surface area contributed by atoms with E-state index in [0.717, 1.165) is 29.8 Å². The van der Waals surface area contributed by atoms with E-state index in [1.807, 2.05) is 25.1 Å². The smallest absolute Gasteiger partial charge is 0.169 e. The van der Waals surface area contributed by atoms with E-state index < -0.39 is 0 Å². The number of nitrogens with zero attached hydrogens (tertiary/aromatic N) is 3. The normalized spacial score (nSPS) is 10.8. The van der Waals surface area contributed by atoms with Gasteiger partial charge in [-0.3, -0.25) is 0 Å². The standard InChI is InChI=1S/C12H15ClN4/c1-3-4-10-12(14)15-16-17(10)11-7-8(2)5-6-9(11)13/h5-7H,3-4,14H2,1-2H3. The molecule has 0 fully saturated rings. The molecule has 17 heavy (non-hydrogen) atoms. The van der Waals surface area contributed by atoms with Gasteiger partial charge in [-0.15, -0.1) is 5.10 Å². The van der Waals surface area contributed by atoms with Crippen LogP contribution in [0, 0.1) is 6.92 Å². The van der Waals surface area contributed by atoms with Crippen LogP contribution < -0.4 is 5.73 Å². The molecule has 90 valence electrons. The summed E-state index contributed by atoms with van der Waals surface area (Å²) in [6, 6.07) is 5.81. The van der Waals surface area contributed by atoms with Crippen molar-refractivity contribution in [1.82, 2.24) is 15.0 Å². The SMILES string of the molecule is CCCc1c(N)nnn1-c1cc(C)ccc1Cl. The molecule has 1 aromatic carbocycles. The second-order valence-electron chi connectivity index (χ2n) is 4.04. The van der Waals surface area contributed by atoms with Crippen LogP contribution in [0.2, 0.25) is 5.02 Å². The zero-order chi connectivity index (χ0) is 12.4. The maximum atomic E-state index is 6.18. The van der Waals surface area contributed by atoms with Gasteiger partial charge in [0.05, 0.1) is 16.4 Å². The maximum Gasteiger partial charge on any atom is 0.169 e. The minimum Gasteiger partial charge on any atom is -0.381 e. The number of aromatic nitrogens is 3. The van der Waals surface area contributed by atoms with Gasteiger partial charge in [0.15, 0.2) is 5.82 Å². The lowest BCUT2D eigenvalue weighted by Crippen LogP contribution is -2.04. The third-order valence-electron chi connectivity index (χ3n) is 2.61. The van der Waals surface area contributed by atoms with Gasteiger partial charge >= 0.3 is 0 Å². The molecule has 2 rings (SSSR count). The van der Waals surface area contributed by atoms with E-state index >= 15 is 0 Å². The molecule has 0 unspecified atom stereocenters. The molecule has 2 N–H and O–H groups in total. The van der Waals surface area contributed by atoms with E-state index in [1.165, 1.54) is 0 Å². The Bertz CT molecular complexity index is 533. The third-order valence-corrected chi connectivity index (χ3v) is 2.93. The quantitative estimate of drug-likeness (QED) is 0.911. The van der Waals surface area contributed by atoms with Crippen molar-refractivity contribution in [3.05, 3.63) is 34.5 Å². The number of rotatable bonds is 3. The van der Waals surface area contributed by atoms with Crippen molar-refractivity contribution in [3.63, 3.8) is 0 Å². The summed E-state index contributed by atoms with van der Waals surface area (Å²) in [5.74, 6) is 0.476. The molecule has 0 saturated carbocycles. The molecule has 0 aliphatic rings. The van der Waals surface area contributed by atoms with Crippen molar-refractivity contribution in [2.24, 2.45) is 0 Å². The minimum absolute atomic E-state index is 0.476. The fraction of sp³-hybridized carbons (Fsp3) is 0.333. The first-order valence-corrected chi connectivity index (χ1v) is 5.98. The Balaban J connectivity index is 2.56. The first-order valence-electron chi connectivity index (χ1n) is 5.60. The molecule has 5 heteroatoms. The number of aryl methyl sites for hydroxylation is 1. The predicted molar refractivity (Wildman–Crippen MR) is 69.5 cm³/mol. The van der Waals surface area contributed by atoms with Gasteiger partial charge < -0.3 is 5.73 Å². The summed E-state index contributed by atoms with van der Waals surface area (Å²) in [6.45, 7) is 4.11. The van der Waals surface area contributed by atoms with Crippen LogP contribution >= 0.6 is 11.6 Å². The van der Waals surface area contributed by atoms with Gasteiger partial charge in [0.25, 0.3) is 0 Å². The molecule has 0 spiro atoms. The lowest BCUT2D eigenvalue weighted by Gasteiger charge is -2.08. The largest absolute Gasteiger partial charge is 0.381 e. The summed E-state index contributed by atoms with van der Waals surface area (Å²) in [7, 11) is 0. The number of halogens is 1. The molecule has 0 aliphatic carbocycles. The van der Waals surface area contributed by atoms with Crippen molar-refractivity contribution >= 4 is 17.4 Å². The van der Waals surface area contributed by atoms with Crippen LogP contribution in [0.1, 0.15) is 24.6 Å². The number of nitrogen functional groups attached to an aromatic ring is 1. The van der Waals surface area contributed by atoms with Crippen LogP contribution in [0.3, 0.4) is 0 Å². The summed E-state index contributed by atoms with van der Waals surface area (Å²) < 4.78 is 1.73. The molecular weight excluding hydrogens is 236 g/mol. The molecule has 0 aliphatic heterocycles. The van der Waals surface area contributed by atoms with Gasteiger partial charge in [-0.05, 0) is 31.0 Å². The maximum absolute atomic E-state index is 6.18. The fourth-order valence-electron chi connectivity index (χ4n) is 1.76. The number of benzene rings is 1. The molecule has 0 atom stereocenters. The lowest BCUT2D eigenvalue weighted by molar-refractivity contribution is 0.745. The number of hydrogen-bond acceptors (Lipinski definition) is 3. The Kier molecular flexibility index (Phi) is 3.33. The van der Waals surface area contributed by atoms with Crippen molar-refractivity contribution in [1.29, 1.82) is 0 Å². The first-order chi connectivity index (χ1) is 8.13. The number of hydrogen-bond donors (Lipinski definition) is 1. The minimum atomic E-state index is 0.476. The monoisotopic (exact) mass is 250 g/mol. The topological polar surface area (TPSA) is 56.7 Å². The van der Waals surface area contributed by atoms with E-state index in [4.69, 9.17) is 17.3 Å². The highest BCUT2D eigenvalue weighted by Crippen LogP contribution is 2.24. The molecule has 1 aromatic heterocycles. The summed E-state index contributed by atoms with van der Waals surface area (Å²) in [4.78, 5) is 0.